The highest BCUT2D eigenvalue weighted by atomic mass is 19.1. The van der Waals surface area contributed by atoms with Crippen LogP contribution < -0.4 is 5.73 Å². The molecule has 3 heterocycles. The van der Waals surface area contributed by atoms with E-state index in [4.69, 9.17) is 10.3 Å². The molecule has 0 saturated carbocycles. The minimum atomic E-state index is -0.335. The molecule has 0 aliphatic heterocycles. The topological polar surface area (TPSA) is 82.8 Å². The van der Waals surface area contributed by atoms with Gasteiger partial charge >= 0.3 is 0 Å². The lowest BCUT2D eigenvalue weighted by Gasteiger charge is -2.11. The van der Waals surface area contributed by atoms with Crippen LogP contribution in [-0.4, -0.2) is 19.7 Å². The maximum atomic E-state index is 13.9. The van der Waals surface area contributed by atoms with Gasteiger partial charge in [0.2, 0.25) is 0 Å². The van der Waals surface area contributed by atoms with Crippen molar-refractivity contribution in [2.75, 3.05) is 5.73 Å². The molecule has 0 amide bonds. The third kappa shape index (κ3) is 3.28. The molecule has 0 fully saturated rings. The van der Waals surface area contributed by atoms with E-state index in [1.807, 2.05) is 38.5 Å². The average Bonchev–Trinajstić information content (AvgIpc) is 3.29. The molecular weight excluding hydrogens is 345 g/mol. The zero-order valence-electron chi connectivity index (χ0n) is 15.8. The lowest BCUT2D eigenvalue weighted by atomic mass is 10.1. The molecule has 4 rings (SSSR count). The number of benzene rings is 1. The number of hydrogen-bond acceptors (Lipinski definition) is 5. The quantitative estimate of drug-likeness (QED) is 0.565. The summed E-state index contributed by atoms with van der Waals surface area (Å²) in [5.74, 6) is 0.711. The summed E-state index contributed by atoms with van der Waals surface area (Å²) in [6.07, 6.45) is 3.39. The van der Waals surface area contributed by atoms with Gasteiger partial charge in [0, 0.05) is 17.8 Å². The highest BCUT2D eigenvalue weighted by Gasteiger charge is 2.20. The van der Waals surface area contributed by atoms with Crippen LogP contribution in [0.25, 0.3) is 22.3 Å². The monoisotopic (exact) mass is 367 g/mol. The number of nitrogens with zero attached hydrogens (tertiary/aromatic N) is 4. The van der Waals surface area contributed by atoms with Crippen molar-refractivity contribution in [3.63, 3.8) is 0 Å². The van der Waals surface area contributed by atoms with Gasteiger partial charge in [0.05, 0.1) is 11.4 Å². The van der Waals surface area contributed by atoms with Gasteiger partial charge in [0.25, 0.3) is 0 Å². The summed E-state index contributed by atoms with van der Waals surface area (Å²) >= 11 is 0. The highest BCUT2D eigenvalue weighted by molar-refractivity contribution is 5.89. The summed E-state index contributed by atoms with van der Waals surface area (Å²) in [7, 11) is 0. The predicted molar refractivity (Wildman–Crippen MR) is 104 cm³/mol. The number of hydrogen-bond donors (Lipinski definition) is 1. The largest absolute Gasteiger partial charge is 0.383 e. The van der Waals surface area contributed by atoms with Crippen molar-refractivity contribution in [1.29, 1.82) is 0 Å². The Bertz CT molecular complexity index is 1070. The van der Waals surface area contributed by atoms with Gasteiger partial charge in [-0.25, -0.2) is 14.4 Å². The molecule has 1 aromatic carbocycles. The summed E-state index contributed by atoms with van der Waals surface area (Å²) in [6, 6.07) is 8.04. The van der Waals surface area contributed by atoms with E-state index in [1.54, 1.807) is 24.3 Å². The lowest BCUT2D eigenvalue weighted by Crippen LogP contribution is -2.05. The summed E-state index contributed by atoms with van der Waals surface area (Å²) in [5, 5.41) is 4.83. The first kappa shape index (κ1) is 18.6. The van der Waals surface area contributed by atoms with Crippen LogP contribution in [0, 0.1) is 12.7 Å². The number of aryl methyl sites for hydroxylation is 1. The van der Waals surface area contributed by atoms with Crippen molar-refractivity contribution in [3.05, 3.63) is 60.0 Å². The van der Waals surface area contributed by atoms with Crippen LogP contribution in [0.5, 0.6) is 0 Å². The Hall–Kier alpha value is -3.22. The van der Waals surface area contributed by atoms with Gasteiger partial charge in [-0.2, -0.15) is 0 Å². The van der Waals surface area contributed by atoms with Crippen LogP contribution in [-0.2, 0) is 0 Å². The van der Waals surface area contributed by atoms with Gasteiger partial charge in [-0.05, 0) is 31.5 Å². The second-order valence-electron chi connectivity index (χ2n) is 5.95. The maximum absolute atomic E-state index is 13.9. The Morgan fingerprint density at radius 2 is 1.93 bits per heavy atom. The normalized spacial score (nSPS) is 11.9. The van der Waals surface area contributed by atoms with E-state index in [-0.39, 0.29) is 11.9 Å². The van der Waals surface area contributed by atoms with E-state index in [0.29, 0.717) is 22.8 Å². The molecular formula is C20H22FN5O. The smallest absolute Gasteiger partial charge is 0.159 e. The zero-order chi connectivity index (χ0) is 19.6. The van der Waals surface area contributed by atoms with Crippen molar-refractivity contribution in [3.8, 4) is 11.3 Å². The first-order valence-corrected chi connectivity index (χ1v) is 8.85. The van der Waals surface area contributed by atoms with Crippen LogP contribution in [0.2, 0.25) is 0 Å². The van der Waals surface area contributed by atoms with E-state index in [2.05, 4.69) is 15.1 Å². The molecule has 140 valence electrons. The summed E-state index contributed by atoms with van der Waals surface area (Å²) in [6.45, 7) is 7.92. The Balaban J connectivity index is 0.00000102. The number of rotatable bonds is 3. The Morgan fingerprint density at radius 3 is 2.67 bits per heavy atom. The fourth-order valence-electron chi connectivity index (χ4n) is 3.01. The number of anilines is 1. The predicted octanol–water partition coefficient (Wildman–Crippen LogP) is 4.75. The molecule has 1 atom stereocenters. The molecule has 0 radical (unpaired) electrons. The van der Waals surface area contributed by atoms with Gasteiger partial charge < -0.3 is 14.8 Å². The molecule has 0 saturated heterocycles. The molecule has 3 aromatic heterocycles. The van der Waals surface area contributed by atoms with Gasteiger partial charge in [-0.1, -0.05) is 31.1 Å². The fourth-order valence-corrected chi connectivity index (χ4v) is 3.01. The first-order chi connectivity index (χ1) is 13.1. The highest BCUT2D eigenvalue weighted by Crippen LogP contribution is 2.31. The van der Waals surface area contributed by atoms with Gasteiger partial charge in [-0.3, -0.25) is 0 Å². The van der Waals surface area contributed by atoms with E-state index < -0.39 is 0 Å². The standard InChI is InChI=1S/C18H16FN5O.C2H6/c1-10-8-24(18-16(10)17(20)21-9-22-18)11(2)15-7-14(23-25-15)12-5-3-4-6-13(12)19;1-2/h3-9,11H,1-2H3,(H2,20,21,22);1-2H3. The minimum Gasteiger partial charge on any atom is -0.383 e. The van der Waals surface area contributed by atoms with Gasteiger partial charge in [-0.15, -0.1) is 0 Å². The third-order valence-corrected chi connectivity index (χ3v) is 4.34. The van der Waals surface area contributed by atoms with Crippen molar-refractivity contribution in [2.24, 2.45) is 0 Å². The summed E-state index contributed by atoms with van der Waals surface area (Å²) < 4.78 is 21.4. The van der Waals surface area contributed by atoms with E-state index in [9.17, 15) is 4.39 Å². The minimum absolute atomic E-state index is 0.182. The van der Waals surface area contributed by atoms with Crippen molar-refractivity contribution in [1.82, 2.24) is 19.7 Å². The number of nitrogen functional groups attached to an aromatic ring is 1. The molecule has 7 heteroatoms. The Kier molecular flexibility index (Phi) is 5.21. The molecule has 2 N–H and O–H groups in total. The van der Waals surface area contributed by atoms with Gasteiger partial charge in [0.1, 0.15) is 29.3 Å². The van der Waals surface area contributed by atoms with Crippen LogP contribution in [0.4, 0.5) is 10.2 Å². The fraction of sp³-hybridized carbons (Fsp3) is 0.250. The van der Waals surface area contributed by atoms with E-state index in [1.165, 1.54) is 12.4 Å². The number of aromatic nitrogens is 4. The van der Waals surface area contributed by atoms with Crippen molar-refractivity contribution in [2.45, 2.75) is 33.7 Å². The molecule has 0 aliphatic rings. The molecule has 6 nitrogen and oxygen atoms in total. The first-order valence-electron chi connectivity index (χ1n) is 8.85. The summed E-state index contributed by atoms with van der Waals surface area (Å²) in [4.78, 5) is 8.38. The van der Waals surface area contributed by atoms with Crippen LogP contribution in [0.15, 0.2) is 47.4 Å². The number of halogens is 1. The molecule has 0 spiro atoms. The van der Waals surface area contributed by atoms with Crippen molar-refractivity contribution >= 4 is 16.9 Å². The third-order valence-electron chi connectivity index (χ3n) is 4.34. The average molecular weight is 367 g/mol. The molecule has 0 aliphatic carbocycles. The Labute approximate surface area is 156 Å². The Morgan fingerprint density at radius 1 is 1.19 bits per heavy atom. The van der Waals surface area contributed by atoms with Crippen LogP contribution >= 0.6 is 0 Å². The molecule has 1 unspecified atom stereocenters. The molecule has 4 aromatic rings. The van der Waals surface area contributed by atoms with Crippen LogP contribution in [0.3, 0.4) is 0 Å². The molecule has 0 bridgehead atoms. The van der Waals surface area contributed by atoms with Crippen molar-refractivity contribution < 1.29 is 8.91 Å². The number of fused-ring (bicyclic) bond motifs is 1. The zero-order valence-corrected chi connectivity index (χ0v) is 15.8. The maximum Gasteiger partial charge on any atom is 0.159 e. The van der Waals surface area contributed by atoms with E-state index in [0.717, 1.165) is 16.6 Å². The van der Waals surface area contributed by atoms with Gasteiger partial charge in [0.15, 0.2) is 5.76 Å². The second-order valence-corrected chi connectivity index (χ2v) is 5.95. The summed E-state index contributed by atoms with van der Waals surface area (Å²) in [5.41, 5.74) is 8.54. The number of nitrogens with two attached hydrogens (primary N) is 1. The lowest BCUT2D eigenvalue weighted by molar-refractivity contribution is 0.355. The second kappa shape index (κ2) is 7.57. The molecule has 27 heavy (non-hydrogen) atoms. The van der Waals surface area contributed by atoms with E-state index >= 15 is 0 Å². The van der Waals surface area contributed by atoms with Crippen LogP contribution in [0.1, 0.15) is 38.1 Å². The SMILES string of the molecule is CC.Cc1cn(C(C)c2cc(-c3ccccc3F)no2)c2ncnc(N)c12.